The summed E-state index contributed by atoms with van der Waals surface area (Å²) in [6, 6.07) is -0.899. The van der Waals surface area contributed by atoms with Crippen LogP contribution in [0.2, 0.25) is 4.82 Å². The summed E-state index contributed by atoms with van der Waals surface area (Å²) in [4.78, 5) is 47.0. The Morgan fingerprint density at radius 1 is 1.29 bits per heavy atom. The van der Waals surface area contributed by atoms with Crippen molar-refractivity contribution in [3.63, 3.8) is 0 Å². The third-order valence-electron chi connectivity index (χ3n) is 2.98. The molecule has 0 bridgehead atoms. The number of carbonyl (C=O) groups excluding carboxylic acids is 4. The molecule has 2 saturated heterocycles. The van der Waals surface area contributed by atoms with Crippen molar-refractivity contribution in [2.75, 3.05) is 12.3 Å². The zero-order valence-electron chi connectivity index (χ0n) is 11.9. The molecule has 9 nitrogen and oxygen atoms in total. The Morgan fingerprint density at radius 3 is 2.71 bits per heavy atom. The number of hydrogen-bond acceptors (Lipinski definition) is 11. The standard InChI is InChI=1S/C10H13N3O6S4Se/c11-10-5(24-10)1-6(14)13-4(3-20)8(16)12-2-7(15)18-21-23-22-19-9(10)17/h4-5,20H,1-3,11H2,(H,12,16)(H,13,14). The molecule has 2 aliphatic rings. The number of hydrogen-bond donors (Lipinski definition) is 4. The van der Waals surface area contributed by atoms with Gasteiger partial charge in [0.05, 0.1) is 0 Å². The van der Waals surface area contributed by atoms with Crippen molar-refractivity contribution in [1.29, 1.82) is 0 Å². The van der Waals surface area contributed by atoms with Gasteiger partial charge in [0.2, 0.25) is 0 Å². The first-order valence-corrected chi connectivity index (χ1v) is 12.2. The predicted octanol–water partition coefficient (Wildman–Crippen LogP) is -0.972. The van der Waals surface area contributed by atoms with Gasteiger partial charge in [0.25, 0.3) is 0 Å². The molecule has 0 spiro atoms. The maximum atomic E-state index is 12.0. The summed E-state index contributed by atoms with van der Waals surface area (Å²) < 4.78 is 8.55. The van der Waals surface area contributed by atoms with Crippen LogP contribution >= 0.6 is 44.6 Å². The summed E-state index contributed by atoms with van der Waals surface area (Å²) in [7, 11) is 0.917. The van der Waals surface area contributed by atoms with Gasteiger partial charge in [-0.1, -0.05) is 0 Å². The van der Waals surface area contributed by atoms with Crippen molar-refractivity contribution in [3.8, 4) is 0 Å². The first-order valence-electron chi connectivity index (χ1n) is 6.43. The normalized spacial score (nSPS) is 32.8. The van der Waals surface area contributed by atoms with E-state index in [0.29, 0.717) is 11.1 Å². The summed E-state index contributed by atoms with van der Waals surface area (Å²) in [6.45, 7) is -0.353. The Hall–Kier alpha value is -0.241. The monoisotopic (exact) mass is 479 g/mol. The SMILES string of the molecule is NC12[Se]C1CC(=O)NC(CS)C(=O)NCC(=O)OSSSOC2=O. The number of nitrogens with two attached hydrogens (primary N) is 1. The molecule has 3 atom stereocenters. The minimum absolute atomic E-state index is 0.0256. The first kappa shape index (κ1) is 20.1. The van der Waals surface area contributed by atoms with E-state index in [1.54, 1.807) is 0 Å². The Bertz CT molecular complexity index is 555. The zero-order chi connectivity index (χ0) is 17.7. The fraction of sp³-hybridized carbons (Fsp3) is 0.600. The molecule has 0 radical (unpaired) electrons. The zero-order valence-corrected chi connectivity index (χ0v) is 16.9. The van der Waals surface area contributed by atoms with E-state index in [2.05, 4.69) is 23.3 Å². The quantitative estimate of drug-likeness (QED) is 0.161. The van der Waals surface area contributed by atoms with Crippen molar-refractivity contribution < 1.29 is 27.5 Å². The molecule has 4 N–H and O–H groups in total. The molecule has 24 heavy (non-hydrogen) atoms. The van der Waals surface area contributed by atoms with Crippen LogP contribution < -0.4 is 16.4 Å². The third kappa shape index (κ3) is 5.38. The fourth-order valence-corrected chi connectivity index (χ4v) is 5.82. The Morgan fingerprint density at radius 2 is 2.00 bits per heavy atom. The van der Waals surface area contributed by atoms with Gasteiger partial charge in [-0.3, -0.25) is 0 Å². The van der Waals surface area contributed by atoms with E-state index in [1.807, 2.05) is 0 Å². The molecule has 0 aromatic rings. The average molecular weight is 478 g/mol. The molecular formula is C10H13N3O6S4Se. The van der Waals surface area contributed by atoms with Crippen molar-refractivity contribution in [2.45, 2.75) is 21.7 Å². The third-order valence-corrected chi connectivity index (χ3v) is 8.63. The first-order chi connectivity index (χ1) is 11.4. The summed E-state index contributed by atoms with van der Waals surface area (Å²) in [5.41, 5.74) is 5.94. The van der Waals surface area contributed by atoms with Crippen molar-refractivity contribution in [1.82, 2.24) is 10.6 Å². The molecule has 2 fully saturated rings. The predicted molar refractivity (Wildman–Crippen MR) is 94.8 cm³/mol. The number of rotatable bonds is 1. The van der Waals surface area contributed by atoms with Crippen LogP contribution in [0, 0.1) is 0 Å². The maximum absolute atomic E-state index is 12.0. The summed E-state index contributed by atoms with van der Waals surface area (Å²) in [5, 5.41) is 4.87. The van der Waals surface area contributed by atoms with Gasteiger partial charge in [0.15, 0.2) is 0 Å². The molecule has 0 saturated carbocycles. The molecule has 134 valence electrons. The van der Waals surface area contributed by atoms with Gasteiger partial charge in [-0.05, 0) is 0 Å². The van der Waals surface area contributed by atoms with E-state index in [4.69, 9.17) is 14.1 Å². The van der Waals surface area contributed by atoms with Crippen molar-refractivity contribution in [2.24, 2.45) is 5.73 Å². The van der Waals surface area contributed by atoms with E-state index in [0.717, 1.165) is 20.9 Å². The van der Waals surface area contributed by atoms with Gasteiger partial charge < -0.3 is 0 Å². The molecule has 0 aromatic carbocycles. The molecule has 2 heterocycles. The van der Waals surface area contributed by atoms with E-state index in [1.165, 1.54) is 0 Å². The second-order valence-electron chi connectivity index (χ2n) is 4.65. The molecule has 2 amide bonds. The van der Waals surface area contributed by atoms with Crippen molar-refractivity contribution in [3.05, 3.63) is 0 Å². The summed E-state index contributed by atoms with van der Waals surface area (Å²) in [6.07, 6.45) is 0.0256. The number of nitrogens with one attached hydrogen (secondary N) is 2. The number of carbonyl (C=O) groups is 4. The summed E-state index contributed by atoms with van der Waals surface area (Å²) in [5.74, 6) is -2.21. The van der Waals surface area contributed by atoms with Gasteiger partial charge in [-0.15, -0.1) is 0 Å². The van der Waals surface area contributed by atoms with E-state index in [-0.39, 0.29) is 38.5 Å². The van der Waals surface area contributed by atoms with Crippen LogP contribution in [-0.2, 0) is 27.5 Å². The molecule has 0 aromatic heterocycles. The minimum atomic E-state index is -1.14. The van der Waals surface area contributed by atoms with Crippen LogP contribution in [0.4, 0.5) is 0 Å². The second kappa shape index (κ2) is 8.92. The molecule has 0 aliphatic carbocycles. The Kier molecular flexibility index (Phi) is 7.46. The fourth-order valence-electron chi connectivity index (χ4n) is 1.67. The van der Waals surface area contributed by atoms with E-state index >= 15 is 0 Å². The van der Waals surface area contributed by atoms with Crippen LogP contribution in [0.5, 0.6) is 0 Å². The molecule has 3 unspecified atom stereocenters. The Labute approximate surface area is 160 Å². The van der Waals surface area contributed by atoms with E-state index < -0.39 is 34.2 Å². The molecular weight excluding hydrogens is 465 g/mol. The van der Waals surface area contributed by atoms with Crippen LogP contribution in [0.15, 0.2) is 0 Å². The van der Waals surface area contributed by atoms with Crippen LogP contribution in [-0.4, -0.2) is 61.5 Å². The second-order valence-corrected chi connectivity index (χ2v) is 11.3. The van der Waals surface area contributed by atoms with E-state index in [9.17, 15) is 19.2 Å². The van der Waals surface area contributed by atoms with Gasteiger partial charge in [-0.2, -0.15) is 0 Å². The Balaban J connectivity index is 2.01. The molecule has 2 rings (SSSR count). The van der Waals surface area contributed by atoms with Crippen molar-refractivity contribution >= 4 is 83.3 Å². The van der Waals surface area contributed by atoms with Crippen LogP contribution in [0.25, 0.3) is 0 Å². The van der Waals surface area contributed by atoms with Gasteiger partial charge >= 0.3 is 161 Å². The molecule has 2 aliphatic heterocycles. The van der Waals surface area contributed by atoms with Gasteiger partial charge in [-0.25, -0.2) is 0 Å². The number of fused-ring (bicyclic) bond motifs is 1. The number of amides is 2. The van der Waals surface area contributed by atoms with Gasteiger partial charge in [0, 0.05) is 0 Å². The van der Waals surface area contributed by atoms with Crippen LogP contribution in [0.1, 0.15) is 6.42 Å². The van der Waals surface area contributed by atoms with Gasteiger partial charge in [0.1, 0.15) is 0 Å². The molecule has 14 heteroatoms. The number of thiol groups is 1. The topological polar surface area (TPSA) is 137 Å². The summed E-state index contributed by atoms with van der Waals surface area (Å²) >= 11 is 5.17. The van der Waals surface area contributed by atoms with Crippen LogP contribution in [0.3, 0.4) is 0 Å². The average Bonchev–Trinajstić information content (AvgIpc) is 3.20.